The summed E-state index contributed by atoms with van der Waals surface area (Å²) in [7, 11) is 0. The molecule has 0 radical (unpaired) electrons. The molecule has 0 spiro atoms. The van der Waals surface area contributed by atoms with Crippen molar-refractivity contribution in [2.24, 2.45) is 5.92 Å². The van der Waals surface area contributed by atoms with E-state index in [9.17, 15) is 9.59 Å². The standard InChI is InChI=1S/C11H19ClN2O2/c1-8(2)14(7-9-3-4-9)11(16)13-10(15)5-6-12/h8-9H,3-7H2,1-2H3,(H,13,15,16). The van der Waals surface area contributed by atoms with Gasteiger partial charge in [-0.25, -0.2) is 4.79 Å². The van der Waals surface area contributed by atoms with Crippen LogP contribution < -0.4 is 5.32 Å². The fourth-order valence-electron chi connectivity index (χ4n) is 1.45. The fourth-order valence-corrected chi connectivity index (χ4v) is 1.62. The lowest BCUT2D eigenvalue weighted by Gasteiger charge is -2.26. The predicted molar refractivity (Wildman–Crippen MR) is 63.4 cm³/mol. The van der Waals surface area contributed by atoms with E-state index in [1.54, 1.807) is 4.90 Å². The van der Waals surface area contributed by atoms with Crippen LogP contribution in [-0.2, 0) is 4.79 Å². The van der Waals surface area contributed by atoms with Crippen LogP contribution in [0.4, 0.5) is 4.79 Å². The number of alkyl halides is 1. The van der Waals surface area contributed by atoms with Crippen LogP contribution >= 0.6 is 11.6 Å². The highest BCUT2D eigenvalue weighted by molar-refractivity contribution is 6.19. The molecule has 16 heavy (non-hydrogen) atoms. The van der Waals surface area contributed by atoms with Gasteiger partial charge in [-0.05, 0) is 32.6 Å². The first-order chi connectivity index (χ1) is 7.54. The number of hydrogen-bond acceptors (Lipinski definition) is 2. The van der Waals surface area contributed by atoms with Gasteiger partial charge in [0, 0.05) is 24.9 Å². The van der Waals surface area contributed by atoms with Crippen molar-refractivity contribution in [3.63, 3.8) is 0 Å². The summed E-state index contributed by atoms with van der Waals surface area (Å²) >= 11 is 5.43. The topological polar surface area (TPSA) is 49.4 Å². The molecule has 5 heteroatoms. The molecule has 0 atom stereocenters. The molecule has 0 heterocycles. The van der Waals surface area contributed by atoms with Crippen molar-refractivity contribution >= 4 is 23.5 Å². The lowest BCUT2D eigenvalue weighted by Crippen LogP contribution is -2.47. The Hall–Kier alpha value is -0.770. The summed E-state index contributed by atoms with van der Waals surface area (Å²) in [5.41, 5.74) is 0. The van der Waals surface area contributed by atoms with Gasteiger partial charge < -0.3 is 4.90 Å². The number of nitrogens with one attached hydrogen (secondary N) is 1. The van der Waals surface area contributed by atoms with Gasteiger partial charge >= 0.3 is 6.03 Å². The number of rotatable bonds is 5. The van der Waals surface area contributed by atoms with E-state index >= 15 is 0 Å². The second-order valence-corrected chi connectivity index (χ2v) is 4.86. The Kier molecular flexibility index (Phi) is 5.06. The minimum atomic E-state index is -0.304. The van der Waals surface area contributed by atoms with Crippen LogP contribution in [0.15, 0.2) is 0 Å². The minimum absolute atomic E-state index is 0.115. The Morgan fingerprint density at radius 2 is 2.06 bits per heavy atom. The van der Waals surface area contributed by atoms with Gasteiger partial charge in [0.25, 0.3) is 0 Å². The highest BCUT2D eigenvalue weighted by Gasteiger charge is 2.28. The molecule has 0 aromatic carbocycles. The maximum Gasteiger partial charge on any atom is 0.324 e. The lowest BCUT2D eigenvalue weighted by molar-refractivity contribution is -0.119. The second-order valence-electron chi connectivity index (χ2n) is 4.48. The molecule has 1 rings (SSSR count). The van der Waals surface area contributed by atoms with Crippen molar-refractivity contribution in [1.82, 2.24) is 10.2 Å². The molecule has 1 aliphatic rings. The minimum Gasteiger partial charge on any atom is -0.322 e. The first-order valence-corrected chi connectivity index (χ1v) is 6.24. The number of carbonyl (C=O) groups is 2. The van der Waals surface area contributed by atoms with Crippen LogP contribution in [0.25, 0.3) is 0 Å². The number of urea groups is 1. The lowest BCUT2D eigenvalue weighted by atomic mass is 10.3. The maximum absolute atomic E-state index is 11.8. The number of halogens is 1. The van der Waals surface area contributed by atoms with E-state index in [4.69, 9.17) is 11.6 Å². The van der Waals surface area contributed by atoms with Gasteiger partial charge in [-0.3, -0.25) is 10.1 Å². The SMILES string of the molecule is CC(C)N(CC1CC1)C(=O)NC(=O)CCCl. The molecule has 92 valence electrons. The van der Waals surface area contributed by atoms with Crippen molar-refractivity contribution in [2.75, 3.05) is 12.4 Å². The Morgan fingerprint density at radius 3 is 2.50 bits per heavy atom. The number of amides is 3. The average Bonchev–Trinajstić information content (AvgIpc) is 2.97. The fraction of sp³-hybridized carbons (Fsp3) is 0.818. The summed E-state index contributed by atoms with van der Waals surface area (Å²) in [6.45, 7) is 4.65. The Bertz CT molecular complexity index is 265. The van der Waals surface area contributed by atoms with Crippen LogP contribution in [0.1, 0.15) is 33.1 Å². The van der Waals surface area contributed by atoms with Gasteiger partial charge in [-0.1, -0.05) is 0 Å². The molecule has 4 nitrogen and oxygen atoms in total. The van der Waals surface area contributed by atoms with Crippen LogP contribution in [0.2, 0.25) is 0 Å². The maximum atomic E-state index is 11.8. The zero-order chi connectivity index (χ0) is 12.1. The van der Waals surface area contributed by atoms with Gasteiger partial charge in [0.1, 0.15) is 0 Å². The zero-order valence-corrected chi connectivity index (χ0v) is 10.6. The molecule has 0 aromatic heterocycles. The van der Waals surface area contributed by atoms with Crippen molar-refractivity contribution in [1.29, 1.82) is 0 Å². The molecule has 1 saturated carbocycles. The summed E-state index contributed by atoms with van der Waals surface area (Å²) in [5, 5.41) is 2.36. The molecule has 3 amide bonds. The van der Waals surface area contributed by atoms with Crippen molar-refractivity contribution < 1.29 is 9.59 Å². The van der Waals surface area contributed by atoms with E-state index in [2.05, 4.69) is 5.32 Å². The van der Waals surface area contributed by atoms with Crippen LogP contribution in [-0.4, -0.2) is 35.3 Å². The van der Waals surface area contributed by atoms with E-state index in [1.807, 2.05) is 13.8 Å². The van der Waals surface area contributed by atoms with Gasteiger partial charge in [-0.2, -0.15) is 0 Å². The normalized spacial score (nSPS) is 15.0. The first kappa shape index (κ1) is 13.3. The van der Waals surface area contributed by atoms with Gasteiger partial charge in [0.05, 0.1) is 0 Å². The zero-order valence-electron chi connectivity index (χ0n) is 9.83. The van der Waals surface area contributed by atoms with Crippen LogP contribution in [0.3, 0.4) is 0 Å². The van der Waals surface area contributed by atoms with E-state index in [1.165, 1.54) is 12.8 Å². The number of carbonyl (C=O) groups excluding carboxylic acids is 2. The Balaban J connectivity index is 2.42. The van der Waals surface area contributed by atoms with Gasteiger partial charge in [0.15, 0.2) is 0 Å². The van der Waals surface area contributed by atoms with E-state index in [0.717, 1.165) is 6.54 Å². The third-order valence-corrected chi connectivity index (χ3v) is 2.79. The third-order valence-electron chi connectivity index (χ3n) is 2.60. The summed E-state index contributed by atoms with van der Waals surface area (Å²) in [4.78, 5) is 24.7. The second kappa shape index (κ2) is 6.09. The molecule has 1 aliphatic carbocycles. The molecular formula is C11H19ClN2O2. The smallest absolute Gasteiger partial charge is 0.322 e. The van der Waals surface area contributed by atoms with Crippen LogP contribution in [0.5, 0.6) is 0 Å². The average molecular weight is 247 g/mol. The highest BCUT2D eigenvalue weighted by Crippen LogP contribution is 2.30. The van der Waals surface area contributed by atoms with Crippen molar-refractivity contribution in [3.05, 3.63) is 0 Å². The summed E-state index contributed by atoms with van der Waals surface area (Å²) in [5.74, 6) is 0.557. The molecule has 0 unspecified atom stereocenters. The Morgan fingerprint density at radius 1 is 1.44 bits per heavy atom. The molecule has 0 saturated heterocycles. The molecule has 0 aliphatic heterocycles. The van der Waals surface area contributed by atoms with E-state index < -0.39 is 0 Å². The molecule has 1 fully saturated rings. The third kappa shape index (κ3) is 4.39. The summed E-state index contributed by atoms with van der Waals surface area (Å²) in [6.07, 6.45) is 2.56. The van der Waals surface area contributed by atoms with E-state index in [0.29, 0.717) is 5.92 Å². The first-order valence-electron chi connectivity index (χ1n) is 5.71. The molecule has 0 bridgehead atoms. The number of nitrogens with zero attached hydrogens (tertiary/aromatic N) is 1. The highest BCUT2D eigenvalue weighted by atomic mass is 35.5. The largest absolute Gasteiger partial charge is 0.324 e. The van der Waals surface area contributed by atoms with Crippen LogP contribution in [0, 0.1) is 5.92 Å². The number of hydrogen-bond donors (Lipinski definition) is 1. The molecule has 1 N–H and O–H groups in total. The Labute approximate surface area is 101 Å². The predicted octanol–water partition coefficient (Wildman–Crippen LogP) is 1.97. The summed E-state index contributed by atoms with van der Waals surface area (Å²) < 4.78 is 0. The molecular weight excluding hydrogens is 228 g/mol. The summed E-state index contributed by atoms with van der Waals surface area (Å²) in [6, 6.07) is -0.179. The number of imide groups is 1. The van der Waals surface area contributed by atoms with Crippen molar-refractivity contribution in [2.45, 2.75) is 39.2 Å². The molecule has 0 aromatic rings. The van der Waals surface area contributed by atoms with Gasteiger partial charge in [-0.15, -0.1) is 11.6 Å². The quantitative estimate of drug-likeness (QED) is 0.754. The monoisotopic (exact) mass is 246 g/mol. The van der Waals surface area contributed by atoms with E-state index in [-0.39, 0.29) is 30.3 Å². The van der Waals surface area contributed by atoms with Crippen molar-refractivity contribution in [3.8, 4) is 0 Å². The van der Waals surface area contributed by atoms with Gasteiger partial charge in [0.2, 0.25) is 5.91 Å².